The first-order valence-electron chi connectivity index (χ1n) is 4.90. The van der Waals surface area contributed by atoms with E-state index in [-0.39, 0.29) is 11.7 Å². The molecule has 0 saturated carbocycles. The smallest absolute Gasteiger partial charge is 0.313 e. The average Bonchev–Trinajstić information content (AvgIpc) is 2.69. The molecular weight excluding hydrogens is 276 g/mol. The normalized spacial score (nSPS) is 10.5. The monoisotopic (exact) mass is 284 g/mol. The molecule has 18 heavy (non-hydrogen) atoms. The van der Waals surface area contributed by atoms with Crippen molar-refractivity contribution >= 4 is 35.3 Å². The third-order valence-electron chi connectivity index (χ3n) is 2.08. The van der Waals surface area contributed by atoms with Crippen LogP contribution in [0.4, 0.5) is 5.95 Å². The van der Waals surface area contributed by atoms with E-state index in [0.717, 1.165) is 11.8 Å². The zero-order valence-corrected chi connectivity index (χ0v) is 10.6. The molecule has 0 amide bonds. The van der Waals surface area contributed by atoms with Gasteiger partial charge in [-0.3, -0.25) is 9.36 Å². The van der Waals surface area contributed by atoms with Gasteiger partial charge in [0.05, 0.1) is 16.5 Å². The fourth-order valence-electron chi connectivity index (χ4n) is 1.36. The van der Waals surface area contributed by atoms with Gasteiger partial charge >= 0.3 is 5.97 Å². The lowest BCUT2D eigenvalue weighted by atomic mass is 10.3. The summed E-state index contributed by atoms with van der Waals surface area (Å²) in [5.41, 5.74) is 6.34. The van der Waals surface area contributed by atoms with E-state index < -0.39 is 5.97 Å². The Hall–Kier alpha value is -1.73. The number of hydrogen-bond acceptors (Lipinski definition) is 5. The van der Waals surface area contributed by atoms with Crippen molar-refractivity contribution in [2.75, 3.05) is 11.5 Å². The van der Waals surface area contributed by atoms with Gasteiger partial charge in [0.15, 0.2) is 5.16 Å². The van der Waals surface area contributed by atoms with Gasteiger partial charge in [-0.05, 0) is 12.1 Å². The van der Waals surface area contributed by atoms with Crippen molar-refractivity contribution in [1.82, 2.24) is 14.8 Å². The van der Waals surface area contributed by atoms with Crippen LogP contribution in [0.3, 0.4) is 0 Å². The number of nitrogens with zero attached hydrogens (tertiary/aromatic N) is 3. The van der Waals surface area contributed by atoms with E-state index in [9.17, 15) is 4.79 Å². The van der Waals surface area contributed by atoms with Gasteiger partial charge in [-0.1, -0.05) is 35.5 Å². The quantitative estimate of drug-likeness (QED) is 0.830. The summed E-state index contributed by atoms with van der Waals surface area (Å²) in [5, 5.41) is 17.1. The molecule has 1 heterocycles. The van der Waals surface area contributed by atoms with Crippen molar-refractivity contribution in [3.8, 4) is 5.69 Å². The second-order valence-electron chi connectivity index (χ2n) is 3.31. The van der Waals surface area contributed by atoms with Gasteiger partial charge in [0.2, 0.25) is 5.95 Å². The number of aliphatic carboxylic acids is 1. The number of nitrogen functional groups attached to an aromatic ring is 1. The highest BCUT2D eigenvalue weighted by Gasteiger charge is 2.15. The third kappa shape index (κ3) is 2.57. The zero-order valence-electron chi connectivity index (χ0n) is 9.08. The first kappa shape index (κ1) is 12.7. The van der Waals surface area contributed by atoms with Crippen molar-refractivity contribution in [2.45, 2.75) is 5.16 Å². The van der Waals surface area contributed by atoms with Gasteiger partial charge < -0.3 is 10.8 Å². The number of aromatic nitrogens is 3. The van der Waals surface area contributed by atoms with Crippen LogP contribution in [0.15, 0.2) is 29.4 Å². The van der Waals surface area contributed by atoms with Gasteiger partial charge in [0.1, 0.15) is 0 Å². The highest BCUT2D eigenvalue weighted by atomic mass is 35.5. The fraction of sp³-hybridized carbons (Fsp3) is 0.100. The lowest BCUT2D eigenvalue weighted by molar-refractivity contribution is -0.133. The summed E-state index contributed by atoms with van der Waals surface area (Å²) in [4.78, 5) is 10.6. The standard InChI is InChI=1S/C10H9ClN4O2S/c11-6-3-1-2-4-7(6)15-9(12)13-14-10(15)18-5-8(16)17/h1-4H,5H2,(H2,12,13)(H,16,17). The number of carbonyl (C=O) groups is 1. The Morgan fingerprint density at radius 2 is 2.17 bits per heavy atom. The van der Waals surface area contributed by atoms with E-state index in [0.29, 0.717) is 15.9 Å². The molecule has 8 heteroatoms. The molecule has 0 radical (unpaired) electrons. The van der Waals surface area contributed by atoms with Gasteiger partial charge in [0.25, 0.3) is 0 Å². The maximum absolute atomic E-state index is 10.6. The number of carboxylic acids is 1. The van der Waals surface area contributed by atoms with E-state index in [4.69, 9.17) is 22.4 Å². The second-order valence-corrected chi connectivity index (χ2v) is 4.66. The number of rotatable bonds is 4. The predicted molar refractivity (Wildman–Crippen MR) is 69.1 cm³/mol. The minimum absolute atomic E-state index is 0.122. The summed E-state index contributed by atoms with van der Waals surface area (Å²) in [7, 11) is 0. The molecule has 0 aliphatic heterocycles. The number of anilines is 1. The van der Waals surface area contributed by atoms with Gasteiger partial charge in [0, 0.05) is 0 Å². The largest absolute Gasteiger partial charge is 0.481 e. The molecule has 0 unspecified atom stereocenters. The number of halogens is 1. The van der Waals surface area contributed by atoms with Crippen molar-refractivity contribution in [3.63, 3.8) is 0 Å². The number of thioether (sulfide) groups is 1. The maximum Gasteiger partial charge on any atom is 0.313 e. The Labute approximate surface area is 112 Å². The molecule has 0 aliphatic rings. The summed E-state index contributed by atoms with van der Waals surface area (Å²) in [6.07, 6.45) is 0. The van der Waals surface area contributed by atoms with Crippen molar-refractivity contribution < 1.29 is 9.90 Å². The molecule has 1 aromatic carbocycles. The van der Waals surface area contributed by atoms with Crippen LogP contribution in [-0.4, -0.2) is 31.6 Å². The Morgan fingerprint density at radius 1 is 1.44 bits per heavy atom. The predicted octanol–water partition coefficient (Wildman–Crippen LogP) is 1.68. The summed E-state index contributed by atoms with van der Waals surface area (Å²) >= 11 is 7.10. The molecule has 2 rings (SSSR count). The number of carboxylic acid groups (broad SMARTS) is 1. The van der Waals surface area contributed by atoms with Crippen molar-refractivity contribution in [1.29, 1.82) is 0 Å². The number of nitrogens with two attached hydrogens (primary N) is 1. The highest BCUT2D eigenvalue weighted by Crippen LogP contribution is 2.27. The van der Waals surface area contributed by atoms with Crippen LogP contribution >= 0.6 is 23.4 Å². The summed E-state index contributed by atoms with van der Waals surface area (Å²) in [6, 6.07) is 7.05. The van der Waals surface area contributed by atoms with Crippen LogP contribution in [0.5, 0.6) is 0 Å². The average molecular weight is 285 g/mol. The van der Waals surface area contributed by atoms with Gasteiger partial charge in [-0.2, -0.15) is 0 Å². The molecule has 0 saturated heterocycles. The molecule has 94 valence electrons. The number of hydrogen-bond donors (Lipinski definition) is 2. The van der Waals surface area contributed by atoms with E-state index in [1.807, 2.05) is 0 Å². The highest BCUT2D eigenvalue weighted by molar-refractivity contribution is 7.99. The Morgan fingerprint density at radius 3 is 2.83 bits per heavy atom. The Kier molecular flexibility index (Phi) is 3.73. The molecule has 3 N–H and O–H groups in total. The minimum Gasteiger partial charge on any atom is -0.481 e. The van der Waals surface area contributed by atoms with Crippen LogP contribution in [-0.2, 0) is 4.79 Å². The van der Waals surface area contributed by atoms with Crippen LogP contribution in [0.25, 0.3) is 5.69 Å². The maximum atomic E-state index is 10.6. The Balaban J connectivity index is 2.41. The first-order valence-corrected chi connectivity index (χ1v) is 6.26. The zero-order chi connectivity index (χ0) is 13.1. The van der Waals surface area contributed by atoms with Gasteiger partial charge in [-0.25, -0.2) is 0 Å². The van der Waals surface area contributed by atoms with Crippen LogP contribution in [0, 0.1) is 0 Å². The van der Waals surface area contributed by atoms with Crippen LogP contribution in [0.2, 0.25) is 5.02 Å². The summed E-state index contributed by atoms with van der Waals surface area (Å²) in [5.74, 6) is -0.897. The second kappa shape index (κ2) is 5.28. The van der Waals surface area contributed by atoms with Crippen molar-refractivity contribution in [3.05, 3.63) is 29.3 Å². The minimum atomic E-state index is -0.938. The molecule has 0 atom stereocenters. The lowest BCUT2D eigenvalue weighted by Crippen LogP contribution is -2.04. The van der Waals surface area contributed by atoms with Gasteiger partial charge in [-0.15, -0.1) is 10.2 Å². The SMILES string of the molecule is Nc1nnc(SCC(=O)O)n1-c1ccccc1Cl. The molecule has 2 aromatic rings. The number of para-hydroxylation sites is 1. The molecule has 0 spiro atoms. The number of benzene rings is 1. The topological polar surface area (TPSA) is 94.0 Å². The molecule has 0 aliphatic carbocycles. The summed E-state index contributed by atoms with van der Waals surface area (Å²) < 4.78 is 1.52. The van der Waals surface area contributed by atoms with E-state index in [1.165, 1.54) is 4.57 Å². The Bertz CT molecular complexity index is 587. The third-order valence-corrected chi connectivity index (χ3v) is 3.31. The van der Waals surface area contributed by atoms with Crippen molar-refractivity contribution in [2.24, 2.45) is 0 Å². The van der Waals surface area contributed by atoms with E-state index in [1.54, 1.807) is 24.3 Å². The van der Waals surface area contributed by atoms with Crippen LogP contribution < -0.4 is 5.73 Å². The van der Waals surface area contributed by atoms with E-state index in [2.05, 4.69) is 10.2 Å². The molecule has 0 fully saturated rings. The molecule has 6 nitrogen and oxygen atoms in total. The summed E-state index contributed by atoms with van der Waals surface area (Å²) in [6.45, 7) is 0. The molecule has 0 bridgehead atoms. The molecule has 1 aromatic heterocycles. The molecular formula is C10H9ClN4O2S. The lowest BCUT2D eigenvalue weighted by Gasteiger charge is -2.08. The fourth-order valence-corrected chi connectivity index (χ4v) is 2.25. The van der Waals surface area contributed by atoms with Crippen LogP contribution in [0.1, 0.15) is 0 Å². The van der Waals surface area contributed by atoms with E-state index >= 15 is 0 Å². The first-order chi connectivity index (χ1) is 8.59.